The molecule has 4 rings (SSSR count). The van der Waals surface area contributed by atoms with Gasteiger partial charge in [0.25, 0.3) is 5.91 Å². The number of methoxy groups -OCH3 is 1. The Labute approximate surface area is 186 Å². The van der Waals surface area contributed by atoms with Crippen molar-refractivity contribution < 1.29 is 28.6 Å². The number of piperidine rings is 1. The van der Waals surface area contributed by atoms with Crippen LogP contribution in [-0.2, 0) is 9.59 Å². The second-order valence-electron chi connectivity index (χ2n) is 8.12. The summed E-state index contributed by atoms with van der Waals surface area (Å²) >= 11 is 0. The van der Waals surface area contributed by atoms with Gasteiger partial charge in [0.1, 0.15) is 22.8 Å². The highest BCUT2D eigenvalue weighted by atomic mass is 16.5. The van der Waals surface area contributed by atoms with Crippen molar-refractivity contribution in [2.24, 2.45) is 0 Å². The summed E-state index contributed by atoms with van der Waals surface area (Å²) in [6, 6.07) is 12.0. The van der Waals surface area contributed by atoms with Gasteiger partial charge < -0.3 is 24.4 Å². The average Bonchev–Trinajstić information content (AvgIpc) is 2.78. The largest absolute Gasteiger partial charge is 0.497 e. The summed E-state index contributed by atoms with van der Waals surface area (Å²) in [5.74, 6) is 1.28. The summed E-state index contributed by atoms with van der Waals surface area (Å²) in [6.45, 7) is 2.49. The number of rotatable bonds is 5. The number of hydrogen-bond donors (Lipinski definition) is 1. The van der Waals surface area contributed by atoms with Gasteiger partial charge in [0.2, 0.25) is 5.91 Å². The Morgan fingerprint density at radius 1 is 1.12 bits per heavy atom. The summed E-state index contributed by atoms with van der Waals surface area (Å²) in [5, 5.41) is 2.75. The van der Waals surface area contributed by atoms with Crippen LogP contribution in [0, 0.1) is 0 Å². The minimum absolute atomic E-state index is 0.0184. The first-order valence-electron chi connectivity index (χ1n) is 10.6. The normalized spacial score (nSPS) is 16.7. The number of fused-ring (bicyclic) bond motifs is 1. The van der Waals surface area contributed by atoms with Crippen LogP contribution in [0.5, 0.6) is 17.2 Å². The minimum Gasteiger partial charge on any atom is -0.497 e. The van der Waals surface area contributed by atoms with E-state index in [9.17, 15) is 14.4 Å². The molecule has 2 aromatic rings. The predicted molar refractivity (Wildman–Crippen MR) is 117 cm³/mol. The minimum atomic E-state index is -0.599. The van der Waals surface area contributed by atoms with Crippen LogP contribution in [0.25, 0.3) is 0 Å². The summed E-state index contributed by atoms with van der Waals surface area (Å²) in [4.78, 5) is 38.4. The van der Waals surface area contributed by atoms with Crippen LogP contribution in [0.2, 0.25) is 0 Å². The number of ether oxygens (including phenoxy) is 3. The van der Waals surface area contributed by atoms with E-state index in [0.717, 1.165) is 0 Å². The molecule has 0 radical (unpaired) electrons. The lowest BCUT2D eigenvalue weighted by molar-refractivity contribution is -0.132. The molecule has 8 heteroatoms. The number of amides is 2. The molecule has 0 atom stereocenters. The number of benzene rings is 2. The Bertz CT molecular complexity index is 1040. The van der Waals surface area contributed by atoms with E-state index < -0.39 is 5.60 Å². The van der Waals surface area contributed by atoms with Gasteiger partial charge in [-0.3, -0.25) is 14.4 Å². The second kappa shape index (κ2) is 8.90. The lowest BCUT2D eigenvalue weighted by atomic mass is 9.82. The number of hydrogen-bond acceptors (Lipinski definition) is 6. The maximum atomic E-state index is 12.7. The third-order valence-corrected chi connectivity index (χ3v) is 5.91. The van der Waals surface area contributed by atoms with Crippen molar-refractivity contribution in [1.82, 2.24) is 4.90 Å². The number of likely N-dealkylation sites (tertiary alicyclic amines) is 1. The van der Waals surface area contributed by atoms with Gasteiger partial charge in [-0.05, 0) is 24.3 Å². The summed E-state index contributed by atoms with van der Waals surface area (Å²) in [6.07, 6.45) is 1.51. The maximum absolute atomic E-state index is 12.7. The van der Waals surface area contributed by atoms with Crippen molar-refractivity contribution in [2.75, 3.05) is 32.1 Å². The van der Waals surface area contributed by atoms with Crippen molar-refractivity contribution in [1.29, 1.82) is 0 Å². The molecular formula is C24H26N2O6. The molecule has 1 N–H and O–H groups in total. The monoisotopic (exact) mass is 438 g/mol. The Hall–Kier alpha value is -3.55. The van der Waals surface area contributed by atoms with Crippen LogP contribution in [-0.4, -0.2) is 54.9 Å². The number of nitrogens with zero attached hydrogens (tertiary/aromatic N) is 1. The Kier molecular flexibility index (Phi) is 6.03. The van der Waals surface area contributed by atoms with Gasteiger partial charge in [-0.2, -0.15) is 0 Å². The van der Waals surface area contributed by atoms with Gasteiger partial charge in [-0.1, -0.05) is 6.07 Å². The first-order chi connectivity index (χ1) is 15.4. The van der Waals surface area contributed by atoms with Crippen molar-refractivity contribution in [3.05, 3.63) is 48.0 Å². The Morgan fingerprint density at radius 3 is 2.62 bits per heavy atom. The summed E-state index contributed by atoms with van der Waals surface area (Å²) < 4.78 is 17.1. The van der Waals surface area contributed by atoms with Gasteiger partial charge in [0.15, 0.2) is 12.4 Å². The highest BCUT2D eigenvalue weighted by Crippen LogP contribution is 2.40. The van der Waals surface area contributed by atoms with Gasteiger partial charge >= 0.3 is 0 Å². The average molecular weight is 438 g/mol. The quantitative estimate of drug-likeness (QED) is 0.771. The molecule has 2 heterocycles. The third kappa shape index (κ3) is 4.69. The van der Waals surface area contributed by atoms with Gasteiger partial charge in [0.05, 0.1) is 19.1 Å². The second-order valence-corrected chi connectivity index (χ2v) is 8.12. The molecular weight excluding hydrogens is 412 g/mol. The van der Waals surface area contributed by atoms with E-state index in [1.807, 2.05) is 0 Å². The molecule has 1 saturated heterocycles. The summed E-state index contributed by atoms with van der Waals surface area (Å²) in [7, 11) is 1.56. The molecule has 8 nitrogen and oxygen atoms in total. The number of ketones is 1. The van der Waals surface area contributed by atoms with Crippen LogP contribution >= 0.6 is 0 Å². The van der Waals surface area contributed by atoms with Crippen molar-refractivity contribution in [3.8, 4) is 17.2 Å². The number of Topliss-reactive ketones (excluding diaryl/α,β-unsaturated/α-hetero) is 1. The number of nitrogens with one attached hydrogen (secondary N) is 1. The first kappa shape index (κ1) is 21.7. The number of carbonyl (C=O) groups is 3. The fourth-order valence-corrected chi connectivity index (χ4v) is 4.12. The van der Waals surface area contributed by atoms with E-state index in [1.165, 1.54) is 0 Å². The van der Waals surface area contributed by atoms with E-state index in [4.69, 9.17) is 14.2 Å². The molecule has 0 aromatic heterocycles. The Balaban J connectivity index is 1.40. The molecule has 2 aliphatic heterocycles. The predicted octanol–water partition coefficient (Wildman–Crippen LogP) is 3.06. The molecule has 2 aromatic carbocycles. The van der Waals surface area contributed by atoms with Crippen LogP contribution in [0.15, 0.2) is 42.5 Å². The van der Waals surface area contributed by atoms with E-state index in [0.29, 0.717) is 60.9 Å². The van der Waals surface area contributed by atoms with Gasteiger partial charge in [0, 0.05) is 50.7 Å². The van der Waals surface area contributed by atoms with Crippen molar-refractivity contribution >= 4 is 23.3 Å². The van der Waals surface area contributed by atoms with E-state index in [-0.39, 0.29) is 24.2 Å². The molecule has 0 aliphatic carbocycles. The lowest BCUT2D eigenvalue weighted by Crippen LogP contribution is -2.51. The lowest BCUT2D eigenvalue weighted by Gasteiger charge is -2.43. The zero-order valence-electron chi connectivity index (χ0n) is 18.2. The fraction of sp³-hybridized carbons (Fsp3) is 0.375. The SMILES string of the molecule is COc1cccc(NC(=O)COc2ccc3c(c2)OC2(CCN(C(C)=O)CC2)CC3=O)c1. The first-order valence-corrected chi connectivity index (χ1v) is 10.6. The van der Waals surface area contributed by atoms with Gasteiger partial charge in [-0.25, -0.2) is 0 Å². The van der Waals surface area contributed by atoms with Crippen LogP contribution in [0.3, 0.4) is 0 Å². The Morgan fingerprint density at radius 2 is 1.91 bits per heavy atom. The molecule has 2 aliphatic rings. The molecule has 0 bridgehead atoms. The zero-order valence-corrected chi connectivity index (χ0v) is 18.2. The van der Waals surface area contributed by atoms with E-state index >= 15 is 0 Å². The van der Waals surface area contributed by atoms with Crippen molar-refractivity contribution in [3.63, 3.8) is 0 Å². The number of carbonyl (C=O) groups excluding carboxylic acids is 3. The van der Waals surface area contributed by atoms with Crippen molar-refractivity contribution in [2.45, 2.75) is 31.8 Å². The number of anilines is 1. The topological polar surface area (TPSA) is 94.2 Å². The molecule has 32 heavy (non-hydrogen) atoms. The molecule has 0 saturated carbocycles. The zero-order chi connectivity index (χ0) is 22.7. The van der Waals surface area contributed by atoms with E-state index in [1.54, 1.807) is 61.4 Å². The highest BCUT2D eigenvalue weighted by molar-refractivity contribution is 6.00. The van der Waals surface area contributed by atoms with Crippen LogP contribution in [0.1, 0.15) is 36.5 Å². The van der Waals surface area contributed by atoms with Gasteiger partial charge in [-0.15, -0.1) is 0 Å². The molecule has 2 amide bonds. The molecule has 1 spiro atoms. The standard InChI is InChI=1S/C24H26N2O6/c1-16(27)26-10-8-24(9-11-26)14-21(28)20-7-6-19(13-22(20)32-24)31-15-23(29)25-17-4-3-5-18(12-17)30-2/h3-7,12-13H,8-11,14-15H2,1-2H3,(H,25,29). The highest BCUT2D eigenvalue weighted by Gasteiger charge is 2.43. The third-order valence-electron chi connectivity index (χ3n) is 5.91. The van der Waals surface area contributed by atoms with Crippen LogP contribution < -0.4 is 19.5 Å². The van der Waals surface area contributed by atoms with Crippen LogP contribution in [0.4, 0.5) is 5.69 Å². The molecule has 168 valence electrons. The molecule has 0 unspecified atom stereocenters. The van der Waals surface area contributed by atoms with E-state index in [2.05, 4.69) is 5.32 Å². The maximum Gasteiger partial charge on any atom is 0.262 e. The smallest absolute Gasteiger partial charge is 0.262 e. The summed E-state index contributed by atoms with van der Waals surface area (Å²) in [5.41, 5.74) is 0.521. The fourth-order valence-electron chi connectivity index (χ4n) is 4.12. The molecule has 1 fully saturated rings.